The van der Waals surface area contributed by atoms with Crippen LogP contribution in [0.4, 0.5) is 13.2 Å². The monoisotopic (exact) mass is 376 g/mol. The molecular weight excluding hydrogens is 357 g/mol. The van der Waals surface area contributed by atoms with Crippen molar-refractivity contribution in [1.29, 1.82) is 0 Å². The molecule has 1 aliphatic heterocycles. The molecular formula is C19H19F3N4O. The summed E-state index contributed by atoms with van der Waals surface area (Å²) in [6.45, 7) is 0.852. The number of carbonyl (C=O) groups is 1. The first-order chi connectivity index (χ1) is 12.8. The highest BCUT2D eigenvalue weighted by molar-refractivity contribution is 5.95. The van der Waals surface area contributed by atoms with Gasteiger partial charge in [-0.05, 0) is 30.4 Å². The van der Waals surface area contributed by atoms with Crippen LogP contribution in [-0.4, -0.2) is 38.7 Å². The van der Waals surface area contributed by atoms with E-state index < -0.39 is 17.8 Å². The number of hydrogen-bond donors (Lipinski definition) is 1. The number of aromatic amines is 1. The summed E-state index contributed by atoms with van der Waals surface area (Å²) in [5, 5.41) is 4.59. The van der Waals surface area contributed by atoms with Crippen LogP contribution in [0.25, 0.3) is 10.9 Å². The number of nitrogens with zero attached hydrogens (tertiary/aromatic N) is 3. The highest BCUT2D eigenvalue weighted by Gasteiger charge is 2.40. The summed E-state index contributed by atoms with van der Waals surface area (Å²) < 4.78 is 40.4. The lowest BCUT2D eigenvalue weighted by molar-refractivity contribution is -0.141. The number of H-pyrrole nitrogens is 1. The fraction of sp³-hybridized carbons (Fsp3) is 0.368. The second-order valence-electron chi connectivity index (χ2n) is 6.92. The second-order valence-corrected chi connectivity index (χ2v) is 6.92. The fourth-order valence-corrected chi connectivity index (χ4v) is 3.85. The number of amides is 1. The number of para-hydroxylation sites is 1. The minimum Gasteiger partial charge on any atom is -0.361 e. The van der Waals surface area contributed by atoms with Gasteiger partial charge in [0.15, 0.2) is 5.69 Å². The topological polar surface area (TPSA) is 53.9 Å². The highest BCUT2D eigenvalue weighted by atomic mass is 19.4. The largest absolute Gasteiger partial charge is 0.435 e. The molecule has 5 nitrogen and oxygen atoms in total. The molecule has 1 aliphatic rings. The minimum atomic E-state index is -4.64. The van der Waals surface area contributed by atoms with E-state index in [1.54, 1.807) is 0 Å². The Morgan fingerprint density at radius 2 is 1.93 bits per heavy atom. The van der Waals surface area contributed by atoms with Crippen molar-refractivity contribution in [3.63, 3.8) is 0 Å². The van der Waals surface area contributed by atoms with Gasteiger partial charge in [-0.1, -0.05) is 18.2 Å². The van der Waals surface area contributed by atoms with Gasteiger partial charge >= 0.3 is 6.18 Å². The second kappa shape index (κ2) is 6.44. The number of fused-ring (bicyclic) bond motifs is 1. The van der Waals surface area contributed by atoms with Crippen molar-refractivity contribution in [3.05, 3.63) is 53.5 Å². The maximum atomic E-state index is 13.1. The minimum absolute atomic E-state index is 0.279. The molecule has 142 valence electrons. The van der Waals surface area contributed by atoms with Gasteiger partial charge in [-0.3, -0.25) is 9.48 Å². The summed E-state index contributed by atoms with van der Waals surface area (Å²) >= 11 is 0. The third-order valence-electron chi connectivity index (χ3n) is 5.17. The molecule has 0 aliphatic carbocycles. The zero-order chi connectivity index (χ0) is 19.2. The maximum Gasteiger partial charge on any atom is 0.435 e. The van der Waals surface area contributed by atoms with E-state index in [4.69, 9.17) is 0 Å². The summed E-state index contributed by atoms with van der Waals surface area (Å²) in [6, 6.07) is 8.03. The summed E-state index contributed by atoms with van der Waals surface area (Å²) in [7, 11) is 1.38. The molecule has 0 saturated carbocycles. The average Bonchev–Trinajstić information content (AvgIpc) is 3.25. The number of benzene rings is 1. The molecule has 2 aromatic heterocycles. The molecule has 1 N–H and O–H groups in total. The normalized spacial score (nSPS) is 16.2. The van der Waals surface area contributed by atoms with E-state index in [0.29, 0.717) is 13.1 Å². The average molecular weight is 376 g/mol. The van der Waals surface area contributed by atoms with Crippen molar-refractivity contribution in [2.45, 2.75) is 24.9 Å². The van der Waals surface area contributed by atoms with E-state index in [0.717, 1.165) is 34.6 Å². The molecule has 1 amide bonds. The van der Waals surface area contributed by atoms with Crippen LogP contribution in [0.1, 0.15) is 40.4 Å². The Bertz CT molecular complexity index is 980. The number of rotatable bonds is 2. The van der Waals surface area contributed by atoms with Gasteiger partial charge in [-0.15, -0.1) is 0 Å². The third kappa shape index (κ3) is 3.20. The van der Waals surface area contributed by atoms with Gasteiger partial charge in [-0.2, -0.15) is 18.3 Å². The zero-order valence-corrected chi connectivity index (χ0v) is 14.8. The van der Waals surface area contributed by atoms with Gasteiger partial charge < -0.3 is 9.88 Å². The Kier molecular flexibility index (Phi) is 4.20. The van der Waals surface area contributed by atoms with Gasteiger partial charge in [0.05, 0.1) is 5.56 Å². The lowest BCUT2D eigenvalue weighted by atomic mass is 9.89. The number of aryl methyl sites for hydroxylation is 1. The number of aromatic nitrogens is 3. The number of nitrogens with one attached hydrogen (secondary N) is 1. The Labute approximate surface area is 153 Å². The van der Waals surface area contributed by atoms with Crippen LogP contribution < -0.4 is 0 Å². The number of hydrogen-bond acceptors (Lipinski definition) is 2. The molecule has 0 spiro atoms. The van der Waals surface area contributed by atoms with Crippen molar-refractivity contribution in [2.75, 3.05) is 13.1 Å². The molecule has 0 bridgehead atoms. The van der Waals surface area contributed by atoms with Gasteiger partial charge in [0, 0.05) is 43.4 Å². The van der Waals surface area contributed by atoms with Crippen LogP contribution in [0.5, 0.6) is 0 Å². The lowest BCUT2D eigenvalue weighted by Gasteiger charge is -2.32. The van der Waals surface area contributed by atoms with Crippen LogP contribution in [-0.2, 0) is 13.2 Å². The summed E-state index contributed by atoms with van der Waals surface area (Å²) in [4.78, 5) is 17.4. The van der Waals surface area contributed by atoms with E-state index in [1.165, 1.54) is 17.5 Å². The Morgan fingerprint density at radius 3 is 2.63 bits per heavy atom. The van der Waals surface area contributed by atoms with Crippen LogP contribution in [0.3, 0.4) is 0 Å². The first kappa shape index (κ1) is 17.6. The third-order valence-corrected chi connectivity index (χ3v) is 5.17. The first-order valence-corrected chi connectivity index (χ1v) is 8.80. The van der Waals surface area contributed by atoms with Gasteiger partial charge in [-0.25, -0.2) is 0 Å². The standard InChI is InChI=1S/C19H19F3N4O/c1-25-11-15(17(24-25)19(20,21)22)18(27)26-8-6-12(7-9-26)14-10-23-16-5-3-2-4-13(14)16/h2-5,10-12,23H,6-9H2,1H3. The van der Waals surface area contributed by atoms with E-state index in [9.17, 15) is 18.0 Å². The van der Waals surface area contributed by atoms with Crippen molar-refractivity contribution in [3.8, 4) is 0 Å². The number of alkyl halides is 3. The Balaban J connectivity index is 1.51. The Morgan fingerprint density at radius 1 is 1.22 bits per heavy atom. The van der Waals surface area contributed by atoms with E-state index in [1.807, 2.05) is 24.4 Å². The maximum absolute atomic E-state index is 13.1. The van der Waals surface area contributed by atoms with E-state index in [2.05, 4.69) is 16.1 Å². The predicted molar refractivity (Wildman–Crippen MR) is 94.4 cm³/mol. The van der Waals surface area contributed by atoms with Crippen molar-refractivity contribution < 1.29 is 18.0 Å². The molecule has 1 aromatic carbocycles. The molecule has 1 saturated heterocycles. The summed E-state index contributed by atoms with van der Waals surface area (Å²) in [5.41, 5.74) is 0.774. The van der Waals surface area contributed by atoms with Crippen LogP contribution in [0.15, 0.2) is 36.7 Å². The van der Waals surface area contributed by atoms with Gasteiger partial charge in [0.1, 0.15) is 0 Å². The smallest absolute Gasteiger partial charge is 0.361 e. The SMILES string of the molecule is Cn1cc(C(=O)N2CCC(c3c[nH]c4ccccc34)CC2)c(C(F)(F)F)n1. The van der Waals surface area contributed by atoms with Gasteiger partial charge in [0.25, 0.3) is 5.91 Å². The first-order valence-electron chi connectivity index (χ1n) is 8.80. The van der Waals surface area contributed by atoms with Crippen molar-refractivity contribution in [2.24, 2.45) is 7.05 Å². The summed E-state index contributed by atoms with van der Waals surface area (Å²) in [6.07, 6.45) is -0.0639. The molecule has 1 fully saturated rings. The summed E-state index contributed by atoms with van der Waals surface area (Å²) in [5.74, 6) is -0.325. The molecule has 0 unspecified atom stereocenters. The van der Waals surface area contributed by atoms with Crippen LogP contribution in [0.2, 0.25) is 0 Å². The number of halogens is 3. The quantitative estimate of drug-likeness (QED) is 0.737. The van der Waals surface area contributed by atoms with Gasteiger partial charge in [0.2, 0.25) is 0 Å². The molecule has 27 heavy (non-hydrogen) atoms. The predicted octanol–water partition coefficient (Wildman–Crippen LogP) is 3.94. The Hall–Kier alpha value is -2.77. The molecule has 3 aromatic rings. The molecule has 0 radical (unpaired) electrons. The zero-order valence-electron chi connectivity index (χ0n) is 14.8. The van der Waals surface area contributed by atoms with Crippen molar-refractivity contribution in [1.82, 2.24) is 19.7 Å². The number of likely N-dealkylation sites (tertiary alicyclic amines) is 1. The molecule has 3 heterocycles. The van der Waals surface area contributed by atoms with E-state index >= 15 is 0 Å². The van der Waals surface area contributed by atoms with E-state index in [-0.39, 0.29) is 11.5 Å². The molecule has 8 heteroatoms. The number of piperidine rings is 1. The van der Waals surface area contributed by atoms with Crippen LogP contribution >= 0.6 is 0 Å². The highest BCUT2D eigenvalue weighted by Crippen LogP contribution is 2.35. The number of carbonyl (C=O) groups excluding carboxylic acids is 1. The molecule has 0 atom stereocenters. The van der Waals surface area contributed by atoms with Crippen molar-refractivity contribution >= 4 is 16.8 Å². The van der Waals surface area contributed by atoms with Crippen LogP contribution in [0, 0.1) is 0 Å². The lowest BCUT2D eigenvalue weighted by Crippen LogP contribution is -2.38. The molecule has 4 rings (SSSR count). The fourth-order valence-electron chi connectivity index (χ4n) is 3.85.